The van der Waals surface area contributed by atoms with Crippen molar-refractivity contribution in [3.8, 4) is 5.75 Å². The molecule has 0 N–H and O–H groups in total. The molecular weight excluding hydrogens is 140 g/mol. The number of hydrogen-bond acceptors (Lipinski definition) is 1. The lowest BCUT2D eigenvalue weighted by molar-refractivity contribution is 0.00443. The highest BCUT2D eigenvalue weighted by Gasteiger charge is 1.99. The monoisotopic (exact) mass is 148 g/mol. The quantitative estimate of drug-likeness (QED) is 0.354. The molecule has 0 fully saturated rings. The van der Waals surface area contributed by atoms with Crippen LogP contribution in [0.1, 0.15) is 5.56 Å². The summed E-state index contributed by atoms with van der Waals surface area (Å²) in [6, 6.07) is 7.31. The van der Waals surface area contributed by atoms with Crippen LogP contribution in [0.25, 0.3) is 5.53 Å². The van der Waals surface area contributed by atoms with Gasteiger partial charge in [-0.1, -0.05) is 12.1 Å². The van der Waals surface area contributed by atoms with Gasteiger partial charge in [-0.3, -0.25) is 0 Å². The van der Waals surface area contributed by atoms with Crippen LogP contribution in [0, 0.1) is 0 Å². The molecule has 11 heavy (non-hydrogen) atoms. The van der Waals surface area contributed by atoms with Crippen molar-refractivity contribution in [2.24, 2.45) is 0 Å². The van der Waals surface area contributed by atoms with E-state index in [1.54, 1.807) is 19.2 Å². The fourth-order valence-corrected chi connectivity index (χ4v) is 0.835. The number of ether oxygens (including phenoxy) is 1. The Hall–Kier alpha value is -1.60. The smallest absolute Gasteiger partial charge is 0.291 e. The molecule has 1 aromatic rings. The number of methoxy groups -OCH3 is 1. The maximum atomic E-state index is 8.25. The Morgan fingerprint density at radius 1 is 1.45 bits per heavy atom. The van der Waals surface area contributed by atoms with E-state index in [1.807, 2.05) is 12.1 Å². The molecule has 0 aliphatic heterocycles. The van der Waals surface area contributed by atoms with E-state index in [4.69, 9.17) is 10.3 Å². The van der Waals surface area contributed by atoms with Crippen molar-refractivity contribution in [2.75, 3.05) is 7.11 Å². The van der Waals surface area contributed by atoms with Gasteiger partial charge in [-0.2, -0.15) is 4.79 Å². The third-order valence-electron chi connectivity index (χ3n) is 1.34. The van der Waals surface area contributed by atoms with Gasteiger partial charge in [0, 0.05) is 0 Å². The standard InChI is InChI=1S/C8H8N2O/c1-11-8-5-3-2-4-7(8)6-10-9/h2-6H,1H3. The largest absolute Gasteiger partial charge is 0.496 e. The predicted molar refractivity (Wildman–Crippen MR) is 41.8 cm³/mol. The van der Waals surface area contributed by atoms with Gasteiger partial charge in [0.05, 0.1) is 12.7 Å². The summed E-state index contributed by atoms with van der Waals surface area (Å²) in [6.45, 7) is 0. The van der Waals surface area contributed by atoms with Crippen molar-refractivity contribution in [1.82, 2.24) is 0 Å². The Labute approximate surface area is 64.9 Å². The van der Waals surface area contributed by atoms with Crippen LogP contribution < -0.4 is 4.74 Å². The zero-order valence-electron chi connectivity index (χ0n) is 6.19. The maximum Gasteiger partial charge on any atom is 0.291 e. The molecule has 3 nitrogen and oxygen atoms in total. The van der Waals surface area contributed by atoms with E-state index in [0.717, 1.165) is 5.56 Å². The van der Waals surface area contributed by atoms with Crippen LogP contribution in [0.3, 0.4) is 0 Å². The third-order valence-corrected chi connectivity index (χ3v) is 1.34. The van der Waals surface area contributed by atoms with Crippen LogP contribution in [-0.2, 0) is 0 Å². The highest BCUT2D eigenvalue weighted by molar-refractivity contribution is 5.79. The van der Waals surface area contributed by atoms with E-state index in [9.17, 15) is 0 Å². The van der Waals surface area contributed by atoms with Crippen LogP contribution in [0.2, 0.25) is 0 Å². The summed E-state index contributed by atoms with van der Waals surface area (Å²) in [6.07, 6.45) is 1.33. The summed E-state index contributed by atoms with van der Waals surface area (Å²) in [5.41, 5.74) is 9.02. The molecule has 0 saturated carbocycles. The zero-order chi connectivity index (χ0) is 8.10. The number of nitrogens with zero attached hydrogens (tertiary/aromatic N) is 2. The Balaban J connectivity index is 3.11. The summed E-state index contributed by atoms with van der Waals surface area (Å²) in [5.74, 6) is 0.699. The molecule has 3 heteroatoms. The Morgan fingerprint density at radius 3 is 2.82 bits per heavy atom. The van der Waals surface area contributed by atoms with Crippen molar-refractivity contribution in [3.05, 3.63) is 35.4 Å². The van der Waals surface area contributed by atoms with E-state index in [2.05, 4.69) is 4.79 Å². The fraction of sp³-hybridized carbons (Fsp3) is 0.125. The lowest BCUT2D eigenvalue weighted by Gasteiger charge is -1.98. The first-order chi connectivity index (χ1) is 5.38. The van der Waals surface area contributed by atoms with Gasteiger partial charge in [-0.05, 0) is 12.1 Å². The van der Waals surface area contributed by atoms with E-state index in [1.165, 1.54) is 6.21 Å². The number of hydrogen-bond donors (Lipinski definition) is 0. The molecule has 0 unspecified atom stereocenters. The number of benzene rings is 1. The molecule has 0 amide bonds. The Morgan fingerprint density at radius 2 is 2.18 bits per heavy atom. The molecule has 1 aromatic carbocycles. The fourth-order valence-electron chi connectivity index (χ4n) is 0.835. The minimum atomic E-state index is 0.699. The van der Waals surface area contributed by atoms with E-state index in [-0.39, 0.29) is 0 Å². The van der Waals surface area contributed by atoms with Crippen molar-refractivity contribution >= 4 is 6.21 Å². The minimum Gasteiger partial charge on any atom is -0.496 e. The van der Waals surface area contributed by atoms with E-state index < -0.39 is 0 Å². The summed E-state index contributed by atoms with van der Waals surface area (Å²) in [5, 5.41) is 0. The second kappa shape index (κ2) is 3.54. The summed E-state index contributed by atoms with van der Waals surface area (Å²) in [7, 11) is 1.57. The average molecular weight is 148 g/mol. The van der Waals surface area contributed by atoms with Crippen LogP contribution in [0.15, 0.2) is 24.3 Å². The van der Waals surface area contributed by atoms with Gasteiger partial charge in [0.25, 0.3) is 6.21 Å². The number of rotatable bonds is 2. The molecular formula is C8H8N2O. The topological polar surface area (TPSA) is 45.6 Å². The van der Waals surface area contributed by atoms with Crippen molar-refractivity contribution < 1.29 is 9.53 Å². The summed E-state index contributed by atoms with van der Waals surface area (Å²) in [4.78, 5) is 2.91. The second-order valence-electron chi connectivity index (χ2n) is 1.99. The van der Waals surface area contributed by atoms with Gasteiger partial charge < -0.3 is 10.3 Å². The summed E-state index contributed by atoms with van der Waals surface area (Å²) >= 11 is 0. The molecule has 0 aromatic heterocycles. The van der Waals surface area contributed by atoms with Gasteiger partial charge in [-0.15, -0.1) is 0 Å². The average Bonchev–Trinajstić information content (AvgIpc) is 2.06. The molecule has 1 rings (SSSR count). The molecule has 0 spiro atoms. The van der Waals surface area contributed by atoms with E-state index >= 15 is 0 Å². The van der Waals surface area contributed by atoms with Crippen molar-refractivity contribution in [3.63, 3.8) is 0 Å². The lowest BCUT2D eigenvalue weighted by Crippen LogP contribution is -1.89. The predicted octanol–water partition coefficient (Wildman–Crippen LogP) is 1.34. The maximum absolute atomic E-state index is 8.25. The minimum absolute atomic E-state index is 0.699. The van der Waals surface area contributed by atoms with Gasteiger partial charge >= 0.3 is 0 Å². The molecule has 56 valence electrons. The first-order valence-corrected chi connectivity index (χ1v) is 3.19. The van der Waals surface area contributed by atoms with E-state index in [0.29, 0.717) is 5.75 Å². The van der Waals surface area contributed by atoms with Gasteiger partial charge in [0.1, 0.15) is 5.75 Å². The molecule has 0 heterocycles. The molecule has 0 saturated heterocycles. The SMILES string of the molecule is COc1ccccc1C=[N+]=[N-]. The normalized spacial score (nSPS) is 8.45. The van der Waals surface area contributed by atoms with Crippen LogP contribution in [-0.4, -0.2) is 18.1 Å². The Bertz CT molecular complexity index is 290. The van der Waals surface area contributed by atoms with Gasteiger partial charge in [0.2, 0.25) is 0 Å². The molecule has 0 aliphatic rings. The first kappa shape index (κ1) is 7.51. The molecule has 0 bridgehead atoms. The first-order valence-electron chi connectivity index (χ1n) is 3.19. The van der Waals surface area contributed by atoms with Gasteiger partial charge in [0.15, 0.2) is 0 Å². The molecule has 0 atom stereocenters. The molecule has 0 aliphatic carbocycles. The highest BCUT2D eigenvalue weighted by atomic mass is 16.5. The zero-order valence-corrected chi connectivity index (χ0v) is 6.19. The van der Waals surface area contributed by atoms with Crippen molar-refractivity contribution in [2.45, 2.75) is 0 Å². The molecule has 0 radical (unpaired) electrons. The summed E-state index contributed by atoms with van der Waals surface area (Å²) < 4.78 is 5.00. The Kier molecular flexibility index (Phi) is 2.42. The third kappa shape index (κ3) is 1.66. The number of para-hydroxylation sites is 1. The van der Waals surface area contributed by atoms with Gasteiger partial charge in [-0.25, -0.2) is 0 Å². The highest BCUT2D eigenvalue weighted by Crippen LogP contribution is 2.13. The van der Waals surface area contributed by atoms with Crippen LogP contribution in [0.4, 0.5) is 0 Å². The lowest BCUT2D eigenvalue weighted by atomic mass is 10.2. The van der Waals surface area contributed by atoms with Crippen LogP contribution >= 0.6 is 0 Å². The second-order valence-corrected chi connectivity index (χ2v) is 1.99. The van der Waals surface area contributed by atoms with Crippen molar-refractivity contribution in [1.29, 1.82) is 0 Å². The van der Waals surface area contributed by atoms with Crippen LogP contribution in [0.5, 0.6) is 5.75 Å².